The maximum atomic E-state index is 12.0. The first-order valence-electron chi connectivity index (χ1n) is 8.64. The standard InChI is InChI=1S/C18H23N3O6/c1-11(22)8-9-14(23)27-17-16(25-10-13-6-4-3-5-7-13)15(20-21-19)12(2)26-18(17)24/h3-7,12,15-18,24H,8-10H2,1-2H3/t12-,15-,16+,17-,18?/m1/s1. The molecule has 1 unspecified atom stereocenters. The van der Waals surface area contributed by atoms with Crippen LogP contribution in [0.5, 0.6) is 0 Å². The minimum atomic E-state index is -1.44. The average Bonchev–Trinajstić information content (AvgIpc) is 2.64. The Hall–Kier alpha value is -2.45. The van der Waals surface area contributed by atoms with E-state index in [0.29, 0.717) is 0 Å². The summed E-state index contributed by atoms with van der Waals surface area (Å²) in [5, 5.41) is 13.9. The van der Waals surface area contributed by atoms with Gasteiger partial charge in [-0.3, -0.25) is 4.79 Å². The summed E-state index contributed by atoms with van der Waals surface area (Å²) in [5.74, 6) is -0.815. The van der Waals surface area contributed by atoms with Crippen molar-refractivity contribution in [1.82, 2.24) is 0 Å². The summed E-state index contributed by atoms with van der Waals surface area (Å²) in [7, 11) is 0. The molecule has 1 saturated heterocycles. The number of azide groups is 1. The number of Topliss-reactive ketones (excluding diaryl/α,β-unsaturated/α-hetero) is 1. The number of aliphatic hydroxyl groups is 1. The largest absolute Gasteiger partial charge is 0.454 e. The predicted octanol–water partition coefficient (Wildman–Crippen LogP) is 2.27. The maximum Gasteiger partial charge on any atom is 0.306 e. The number of hydrogen-bond acceptors (Lipinski definition) is 7. The van der Waals surface area contributed by atoms with Crippen LogP contribution < -0.4 is 0 Å². The lowest BCUT2D eigenvalue weighted by Gasteiger charge is -2.41. The monoisotopic (exact) mass is 377 g/mol. The van der Waals surface area contributed by atoms with Gasteiger partial charge in [0.1, 0.15) is 11.9 Å². The Bertz CT molecular complexity index is 692. The van der Waals surface area contributed by atoms with Gasteiger partial charge in [0.2, 0.25) is 0 Å². The Balaban J connectivity index is 2.15. The van der Waals surface area contributed by atoms with E-state index in [4.69, 9.17) is 19.7 Å². The summed E-state index contributed by atoms with van der Waals surface area (Å²) >= 11 is 0. The number of carbonyl (C=O) groups excluding carboxylic acids is 2. The van der Waals surface area contributed by atoms with Crippen LogP contribution in [0.15, 0.2) is 35.4 Å². The third-order valence-corrected chi connectivity index (χ3v) is 4.20. The summed E-state index contributed by atoms with van der Waals surface area (Å²) in [4.78, 5) is 25.9. The third kappa shape index (κ3) is 6.04. The van der Waals surface area contributed by atoms with Crippen LogP contribution >= 0.6 is 0 Å². The summed E-state index contributed by atoms with van der Waals surface area (Å²) in [6, 6.07) is 8.49. The van der Waals surface area contributed by atoms with E-state index in [9.17, 15) is 14.7 Å². The number of carbonyl (C=O) groups is 2. The smallest absolute Gasteiger partial charge is 0.306 e. The van der Waals surface area contributed by atoms with Crippen LogP contribution in [0.1, 0.15) is 32.3 Å². The van der Waals surface area contributed by atoms with Crippen molar-refractivity contribution >= 4 is 11.8 Å². The quantitative estimate of drug-likeness (QED) is 0.320. The Labute approximate surface area is 156 Å². The number of rotatable bonds is 8. The van der Waals surface area contributed by atoms with E-state index in [1.165, 1.54) is 6.92 Å². The first kappa shape index (κ1) is 20.9. The molecule has 1 aliphatic rings. The molecule has 9 heteroatoms. The van der Waals surface area contributed by atoms with E-state index in [1.807, 2.05) is 30.3 Å². The Morgan fingerprint density at radius 1 is 1.26 bits per heavy atom. The topological polar surface area (TPSA) is 131 Å². The van der Waals surface area contributed by atoms with Crippen LogP contribution in [0.25, 0.3) is 10.4 Å². The van der Waals surface area contributed by atoms with Gasteiger partial charge >= 0.3 is 5.97 Å². The Morgan fingerprint density at radius 2 is 1.96 bits per heavy atom. The first-order valence-corrected chi connectivity index (χ1v) is 8.64. The molecule has 1 N–H and O–H groups in total. The van der Waals surface area contributed by atoms with E-state index in [0.717, 1.165) is 5.56 Å². The van der Waals surface area contributed by atoms with Gasteiger partial charge in [0.25, 0.3) is 0 Å². The van der Waals surface area contributed by atoms with Gasteiger partial charge < -0.3 is 24.1 Å². The van der Waals surface area contributed by atoms with Crippen molar-refractivity contribution in [1.29, 1.82) is 0 Å². The molecule has 1 fully saturated rings. The maximum absolute atomic E-state index is 12.0. The van der Waals surface area contributed by atoms with Crippen molar-refractivity contribution in [3.63, 3.8) is 0 Å². The zero-order valence-electron chi connectivity index (χ0n) is 15.2. The Kier molecular flexibility index (Phi) is 7.75. The number of esters is 1. The SMILES string of the molecule is CC(=O)CCC(=O)O[C@H]1C(O)O[C@H](C)[C@@H](N=[N+]=[N-])[C@@H]1OCc1ccccc1. The molecule has 1 aliphatic heterocycles. The van der Waals surface area contributed by atoms with Crippen molar-refractivity contribution in [2.45, 2.75) is 63.9 Å². The minimum absolute atomic E-state index is 0.0359. The lowest BCUT2D eigenvalue weighted by atomic mass is 9.97. The van der Waals surface area contributed by atoms with Gasteiger partial charge in [-0.2, -0.15) is 0 Å². The zero-order chi connectivity index (χ0) is 19.8. The molecule has 9 nitrogen and oxygen atoms in total. The first-order chi connectivity index (χ1) is 12.9. The second-order valence-corrected chi connectivity index (χ2v) is 6.34. The van der Waals surface area contributed by atoms with Gasteiger partial charge in [0.05, 0.1) is 25.2 Å². The highest BCUT2D eigenvalue weighted by Gasteiger charge is 2.46. The van der Waals surface area contributed by atoms with Gasteiger partial charge in [-0.1, -0.05) is 35.4 Å². The van der Waals surface area contributed by atoms with Crippen molar-refractivity contribution in [2.75, 3.05) is 0 Å². The van der Waals surface area contributed by atoms with Crippen molar-refractivity contribution in [3.8, 4) is 0 Å². The lowest BCUT2D eigenvalue weighted by molar-refractivity contribution is -0.266. The van der Waals surface area contributed by atoms with E-state index >= 15 is 0 Å². The van der Waals surface area contributed by atoms with E-state index < -0.39 is 36.6 Å². The normalized spacial score (nSPS) is 27.4. The molecule has 0 aliphatic carbocycles. The van der Waals surface area contributed by atoms with Crippen LogP contribution in [0, 0.1) is 0 Å². The minimum Gasteiger partial charge on any atom is -0.454 e. The number of ether oxygens (including phenoxy) is 3. The Morgan fingerprint density at radius 3 is 2.59 bits per heavy atom. The number of ketones is 1. The van der Waals surface area contributed by atoms with Gasteiger partial charge in [0.15, 0.2) is 12.4 Å². The predicted molar refractivity (Wildman–Crippen MR) is 94.3 cm³/mol. The van der Waals surface area contributed by atoms with Gasteiger partial charge in [0, 0.05) is 11.3 Å². The van der Waals surface area contributed by atoms with Crippen LogP contribution in [-0.4, -0.2) is 47.5 Å². The molecule has 0 amide bonds. The molecule has 0 saturated carbocycles. The fraction of sp³-hybridized carbons (Fsp3) is 0.556. The highest BCUT2D eigenvalue weighted by Crippen LogP contribution is 2.28. The zero-order valence-corrected chi connectivity index (χ0v) is 15.2. The summed E-state index contributed by atoms with van der Waals surface area (Å²) in [6.07, 6.45) is -4.24. The molecule has 27 heavy (non-hydrogen) atoms. The number of benzene rings is 1. The van der Waals surface area contributed by atoms with Crippen LogP contribution in [0.3, 0.4) is 0 Å². The van der Waals surface area contributed by atoms with Crippen LogP contribution in [0.2, 0.25) is 0 Å². The molecule has 0 radical (unpaired) electrons. The number of hydrogen-bond donors (Lipinski definition) is 1. The average molecular weight is 377 g/mol. The second-order valence-electron chi connectivity index (χ2n) is 6.34. The highest BCUT2D eigenvalue weighted by molar-refractivity contribution is 5.81. The summed E-state index contributed by atoms with van der Waals surface area (Å²) in [6.45, 7) is 3.18. The third-order valence-electron chi connectivity index (χ3n) is 4.20. The van der Waals surface area contributed by atoms with Crippen molar-refractivity contribution < 1.29 is 28.9 Å². The molecule has 1 heterocycles. The molecular weight excluding hydrogens is 354 g/mol. The van der Waals surface area contributed by atoms with Crippen LogP contribution in [-0.2, 0) is 30.4 Å². The van der Waals surface area contributed by atoms with Crippen molar-refractivity contribution in [3.05, 3.63) is 46.3 Å². The van der Waals surface area contributed by atoms with E-state index in [2.05, 4.69) is 10.0 Å². The lowest BCUT2D eigenvalue weighted by Crippen LogP contribution is -2.58. The molecule has 146 valence electrons. The second kappa shape index (κ2) is 10.0. The van der Waals surface area contributed by atoms with Gasteiger partial charge in [-0.15, -0.1) is 0 Å². The van der Waals surface area contributed by atoms with Gasteiger partial charge in [-0.05, 0) is 24.9 Å². The van der Waals surface area contributed by atoms with Crippen molar-refractivity contribution in [2.24, 2.45) is 5.11 Å². The van der Waals surface area contributed by atoms with Crippen LogP contribution in [0.4, 0.5) is 0 Å². The molecule has 5 atom stereocenters. The highest BCUT2D eigenvalue weighted by atomic mass is 16.7. The molecule has 0 aromatic heterocycles. The molecule has 1 aromatic carbocycles. The van der Waals surface area contributed by atoms with Gasteiger partial charge in [-0.25, -0.2) is 0 Å². The fourth-order valence-corrected chi connectivity index (χ4v) is 2.79. The summed E-state index contributed by atoms with van der Waals surface area (Å²) < 4.78 is 16.5. The summed E-state index contributed by atoms with van der Waals surface area (Å²) in [5.41, 5.74) is 9.73. The number of nitrogens with zero attached hydrogens (tertiary/aromatic N) is 3. The molecule has 0 bridgehead atoms. The van der Waals surface area contributed by atoms with E-state index in [-0.39, 0.29) is 25.2 Å². The fourth-order valence-electron chi connectivity index (χ4n) is 2.79. The molecule has 2 rings (SSSR count). The number of aliphatic hydroxyl groups excluding tert-OH is 1. The molecule has 1 aromatic rings. The van der Waals surface area contributed by atoms with E-state index in [1.54, 1.807) is 6.92 Å². The molecule has 0 spiro atoms. The molecular formula is C18H23N3O6.